The Morgan fingerprint density at radius 1 is 0.833 bits per heavy atom. The predicted molar refractivity (Wildman–Crippen MR) is 102 cm³/mol. The van der Waals surface area contributed by atoms with Gasteiger partial charge in [-0.1, -0.05) is 83.3 Å². The molecule has 0 aromatic rings. The number of unbranched alkanes of at least 4 members (excludes halogenated alkanes) is 11. The normalized spacial score (nSPS) is 13.6. The lowest BCUT2D eigenvalue weighted by Crippen LogP contribution is -2.03. The molecule has 0 spiro atoms. The van der Waals surface area contributed by atoms with Gasteiger partial charge in [-0.2, -0.15) is 8.42 Å². The van der Waals surface area contributed by atoms with Crippen LogP contribution in [0, 0.1) is 0 Å². The maximum atomic E-state index is 10.5. The Hall–Kier alpha value is -0.390. The minimum atomic E-state index is -3.77. The standard InChI is InChI=1S/C19H38O4S/c1-2-3-16-19(20)17-14-12-10-8-6-4-5-7-9-11-13-15-18-24(21,22)23/h14,17,19-20H,2-13,15-16,18H2,1H3,(H,21,22,23)/b17-14-/t19-/m0/s1. The van der Waals surface area contributed by atoms with E-state index >= 15 is 0 Å². The van der Waals surface area contributed by atoms with Crippen molar-refractivity contribution in [3.05, 3.63) is 12.2 Å². The number of rotatable bonds is 17. The van der Waals surface area contributed by atoms with Gasteiger partial charge in [0.25, 0.3) is 10.1 Å². The third kappa shape index (κ3) is 19.7. The highest BCUT2D eigenvalue weighted by atomic mass is 32.2. The minimum absolute atomic E-state index is 0.100. The molecule has 0 bridgehead atoms. The first-order valence-electron chi connectivity index (χ1n) is 9.75. The van der Waals surface area contributed by atoms with E-state index in [9.17, 15) is 13.5 Å². The van der Waals surface area contributed by atoms with Gasteiger partial charge < -0.3 is 5.11 Å². The van der Waals surface area contributed by atoms with Crippen molar-refractivity contribution in [2.24, 2.45) is 0 Å². The first-order valence-corrected chi connectivity index (χ1v) is 11.4. The zero-order chi connectivity index (χ0) is 18.1. The van der Waals surface area contributed by atoms with Crippen LogP contribution in [0.3, 0.4) is 0 Å². The van der Waals surface area contributed by atoms with Crippen LogP contribution in [-0.4, -0.2) is 29.9 Å². The molecule has 0 aliphatic carbocycles. The monoisotopic (exact) mass is 362 g/mol. The predicted octanol–water partition coefficient (Wildman–Crippen LogP) is 5.27. The van der Waals surface area contributed by atoms with E-state index in [-0.39, 0.29) is 11.9 Å². The molecule has 24 heavy (non-hydrogen) atoms. The zero-order valence-corrected chi connectivity index (χ0v) is 16.3. The van der Waals surface area contributed by atoms with Gasteiger partial charge in [-0.25, -0.2) is 0 Å². The number of allylic oxidation sites excluding steroid dienone is 1. The van der Waals surface area contributed by atoms with Crippen molar-refractivity contribution in [2.45, 2.75) is 103 Å². The van der Waals surface area contributed by atoms with Crippen LogP contribution in [0.15, 0.2) is 12.2 Å². The molecule has 0 amide bonds. The topological polar surface area (TPSA) is 74.6 Å². The lowest BCUT2D eigenvalue weighted by atomic mass is 10.1. The Balaban J connectivity index is 3.21. The van der Waals surface area contributed by atoms with Gasteiger partial charge in [0.2, 0.25) is 0 Å². The molecule has 0 saturated heterocycles. The highest BCUT2D eigenvalue weighted by Gasteiger charge is 2.02. The summed E-state index contributed by atoms with van der Waals surface area (Å²) in [6.07, 6.45) is 19.1. The summed E-state index contributed by atoms with van der Waals surface area (Å²) < 4.78 is 29.7. The van der Waals surface area contributed by atoms with Crippen molar-refractivity contribution in [2.75, 3.05) is 5.75 Å². The molecule has 0 fully saturated rings. The number of aliphatic hydroxyl groups excluding tert-OH is 1. The van der Waals surface area contributed by atoms with Gasteiger partial charge >= 0.3 is 0 Å². The summed E-state index contributed by atoms with van der Waals surface area (Å²) in [5.74, 6) is -0.100. The van der Waals surface area contributed by atoms with Crippen LogP contribution >= 0.6 is 0 Å². The summed E-state index contributed by atoms with van der Waals surface area (Å²) in [7, 11) is -3.77. The van der Waals surface area contributed by atoms with Crippen molar-refractivity contribution in [3.63, 3.8) is 0 Å². The number of hydrogen-bond acceptors (Lipinski definition) is 3. The number of hydrogen-bond donors (Lipinski definition) is 2. The molecule has 0 rings (SSSR count). The van der Waals surface area contributed by atoms with Gasteiger partial charge in [-0.3, -0.25) is 4.55 Å². The molecule has 5 heteroatoms. The van der Waals surface area contributed by atoms with Crippen LogP contribution in [0.4, 0.5) is 0 Å². The van der Waals surface area contributed by atoms with Crippen LogP contribution in [0.2, 0.25) is 0 Å². The van der Waals surface area contributed by atoms with E-state index in [1.54, 1.807) is 0 Å². The smallest absolute Gasteiger partial charge is 0.264 e. The third-order valence-electron chi connectivity index (χ3n) is 4.23. The fourth-order valence-corrected chi connectivity index (χ4v) is 3.29. The second kappa shape index (κ2) is 16.1. The van der Waals surface area contributed by atoms with E-state index < -0.39 is 10.1 Å². The summed E-state index contributed by atoms with van der Waals surface area (Å²) >= 11 is 0. The largest absolute Gasteiger partial charge is 0.389 e. The lowest BCUT2D eigenvalue weighted by molar-refractivity contribution is 0.209. The molecule has 0 aromatic carbocycles. The zero-order valence-electron chi connectivity index (χ0n) is 15.5. The van der Waals surface area contributed by atoms with Crippen LogP contribution in [0.25, 0.3) is 0 Å². The van der Waals surface area contributed by atoms with Gasteiger partial charge in [0.05, 0.1) is 11.9 Å². The first-order chi connectivity index (χ1) is 11.5. The molecular weight excluding hydrogens is 324 g/mol. The Labute approximate surface area is 149 Å². The van der Waals surface area contributed by atoms with Gasteiger partial charge in [0, 0.05) is 0 Å². The number of aliphatic hydroxyl groups is 1. The maximum absolute atomic E-state index is 10.5. The van der Waals surface area contributed by atoms with E-state index in [1.807, 2.05) is 6.08 Å². The van der Waals surface area contributed by atoms with Crippen molar-refractivity contribution >= 4 is 10.1 Å². The molecular formula is C19H38O4S. The fourth-order valence-electron chi connectivity index (χ4n) is 2.72. The minimum Gasteiger partial charge on any atom is -0.389 e. The summed E-state index contributed by atoms with van der Waals surface area (Å²) in [4.78, 5) is 0. The van der Waals surface area contributed by atoms with Gasteiger partial charge in [-0.05, 0) is 25.7 Å². The van der Waals surface area contributed by atoms with Crippen molar-refractivity contribution in [3.8, 4) is 0 Å². The lowest BCUT2D eigenvalue weighted by Gasteiger charge is -2.03. The van der Waals surface area contributed by atoms with Crippen molar-refractivity contribution < 1.29 is 18.1 Å². The second-order valence-corrected chi connectivity index (χ2v) is 8.32. The first kappa shape index (κ1) is 23.6. The molecule has 0 heterocycles. The highest BCUT2D eigenvalue weighted by Crippen LogP contribution is 2.12. The second-order valence-electron chi connectivity index (χ2n) is 6.75. The van der Waals surface area contributed by atoms with E-state index in [0.29, 0.717) is 6.42 Å². The Morgan fingerprint density at radius 2 is 1.33 bits per heavy atom. The van der Waals surface area contributed by atoms with Crippen LogP contribution in [0.1, 0.15) is 96.8 Å². The molecule has 144 valence electrons. The van der Waals surface area contributed by atoms with Gasteiger partial charge in [-0.15, -0.1) is 0 Å². The molecule has 2 N–H and O–H groups in total. The molecule has 0 aliphatic heterocycles. The molecule has 4 nitrogen and oxygen atoms in total. The van der Waals surface area contributed by atoms with Crippen molar-refractivity contribution in [1.82, 2.24) is 0 Å². The van der Waals surface area contributed by atoms with Crippen molar-refractivity contribution in [1.29, 1.82) is 0 Å². The summed E-state index contributed by atoms with van der Waals surface area (Å²) in [6, 6.07) is 0. The van der Waals surface area contributed by atoms with E-state index in [0.717, 1.165) is 44.9 Å². The maximum Gasteiger partial charge on any atom is 0.264 e. The molecule has 1 atom stereocenters. The summed E-state index contributed by atoms with van der Waals surface area (Å²) in [5.41, 5.74) is 0. The highest BCUT2D eigenvalue weighted by molar-refractivity contribution is 7.85. The molecule has 0 unspecified atom stereocenters. The Kier molecular flexibility index (Phi) is 15.8. The Morgan fingerprint density at radius 3 is 1.83 bits per heavy atom. The van der Waals surface area contributed by atoms with E-state index in [4.69, 9.17) is 4.55 Å². The SMILES string of the molecule is CCCC[C@H](O)/C=C\CCCCCCCCCCCCS(=O)(=O)O. The molecule has 0 saturated carbocycles. The van der Waals surface area contributed by atoms with Gasteiger partial charge in [0.1, 0.15) is 0 Å². The fraction of sp³-hybridized carbons (Fsp3) is 0.895. The molecule has 0 aromatic heterocycles. The molecule has 0 radical (unpaired) electrons. The average molecular weight is 363 g/mol. The van der Waals surface area contributed by atoms with Crippen LogP contribution in [-0.2, 0) is 10.1 Å². The van der Waals surface area contributed by atoms with Crippen LogP contribution < -0.4 is 0 Å². The van der Waals surface area contributed by atoms with Crippen LogP contribution in [0.5, 0.6) is 0 Å². The summed E-state index contributed by atoms with van der Waals surface area (Å²) in [5, 5.41) is 9.67. The van der Waals surface area contributed by atoms with Gasteiger partial charge in [0.15, 0.2) is 0 Å². The van der Waals surface area contributed by atoms with E-state index in [2.05, 4.69) is 13.0 Å². The average Bonchev–Trinajstić information content (AvgIpc) is 2.52. The van der Waals surface area contributed by atoms with E-state index in [1.165, 1.54) is 38.5 Å². The quantitative estimate of drug-likeness (QED) is 0.210. The Bertz CT molecular complexity index is 390. The third-order valence-corrected chi connectivity index (χ3v) is 5.04. The summed E-state index contributed by atoms with van der Waals surface area (Å²) in [6.45, 7) is 2.14. The molecule has 0 aliphatic rings.